The third-order valence-corrected chi connectivity index (χ3v) is 2.17. The lowest BCUT2D eigenvalue weighted by Gasteiger charge is -2.02. The molecule has 2 aromatic rings. The van der Waals surface area contributed by atoms with Gasteiger partial charge in [-0.25, -0.2) is 4.98 Å². The molecular formula is C10H6ClN3O3. The van der Waals surface area contributed by atoms with Crippen LogP contribution in [0.2, 0.25) is 0 Å². The van der Waals surface area contributed by atoms with Crippen LogP contribution in [-0.4, -0.2) is 25.3 Å². The van der Waals surface area contributed by atoms with Gasteiger partial charge < -0.3 is 10.1 Å². The third kappa shape index (κ3) is 2.16. The molecule has 2 heterocycles. The number of H-pyrrole nitrogens is 1. The molecule has 0 aromatic carbocycles. The lowest BCUT2D eigenvalue weighted by atomic mass is 10.3. The fourth-order valence-electron chi connectivity index (χ4n) is 1.23. The summed E-state index contributed by atoms with van der Waals surface area (Å²) in [7, 11) is 0. The van der Waals surface area contributed by atoms with Crippen molar-refractivity contribution in [2.45, 2.75) is 0 Å². The lowest BCUT2D eigenvalue weighted by molar-refractivity contribution is 0.107. The highest BCUT2D eigenvalue weighted by molar-refractivity contribution is 6.67. The normalized spacial score (nSPS) is 10.2. The number of hydrogen-bond donors (Lipinski definition) is 2. The molecule has 86 valence electrons. The minimum Gasteiger partial charge on any atom is -0.501 e. The number of halogens is 1. The SMILES string of the molecule is O=C(Cl)c1nc(-c2ccccn2)[nH]c(=O)c1O. The van der Waals surface area contributed by atoms with Crippen LogP contribution in [0.4, 0.5) is 0 Å². The van der Waals surface area contributed by atoms with Gasteiger partial charge in [0.1, 0.15) is 5.69 Å². The Kier molecular flexibility index (Phi) is 2.88. The van der Waals surface area contributed by atoms with Gasteiger partial charge in [0, 0.05) is 6.20 Å². The second-order valence-electron chi connectivity index (χ2n) is 3.10. The van der Waals surface area contributed by atoms with Crippen LogP contribution in [0, 0.1) is 0 Å². The number of rotatable bonds is 2. The third-order valence-electron chi connectivity index (χ3n) is 1.99. The van der Waals surface area contributed by atoms with Gasteiger partial charge in [0.25, 0.3) is 10.8 Å². The zero-order valence-corrected chi connectivity index (χ0v) is 9.10. The zero-order valence-electron chi connectivity index (χ0n) is 8.35. The van der Waals surface area contributed by atoms with Gasteiger partial charge in [-0.2, -0.15) is 0 Å². The summed E-state index contributed by atoms with van der Waals surface area (Å²) < 4.78 is 0. The monoisotopic (exact) mass is 251 g/mol. The summed E-state index contributed by atoms with van der Waals surface area (Å²) in [6.07, 6.45) is 1.50. The molecule has 0 aliphatic rings. The van der Waals surface area contributed by atoms with Crippen LogP contribution >= 0.6 is 11.6 Å². The molecule has 6 nitrogen and oxygen atoms in total. The molecule has 0 bridgehead atoms. The molecule has 0 saturated carbocycles. The first-order valence-corrected chi connectivity index (χ1v) is 4.92. The number of nitrogens with zero attached hydrogens (tertiary/aromatic N) is 2. The highest BCUT2D eigenvalue weighted by atomic mass is 35.5. The molecule has 0 atom stereocenters. The Bertz CT molecular complexity index is 624. The Labute approximate surface area is 99.9 Å². The molecular weight excluding hydrogens is 246 g/mol. The van der Waals surface area contributed by atoms with E-state index in [2.05, 4.69) is 15.0 Å². The van der Waals surface area contributed by atoms with E-state index in [1.807, 2.05) is 0 Å². The second kappa shape index (κ2) is 4.34. The van der Waals surface area contributed by atoms with Gasteiger partial charge in [-0.1, -0.05) is 6.07 Å². The van der Waals surface area contributed by atoms with Crippen molar-refractivity contribution in [3.05, 3.63) is 40.4 Å². The molecule has 7 heteroatoms. The minimum atomic E-state index is -1.01. The van der Waals surface area contributed by atoms with E-state index in [0.717, 1.165) is 0 Å². The maximum absolute atomic E-state index is 11.4. The molecule has 2 rings (SSSR count). The topological polar surface area (TPSA) is 95.9 Å². The van der Waals surface area contributed by atoms with Crippen molar-refractivity contribution in [3.63, 3.8) is 0 Å². The summed E-state index contributed by atoms with van der Waals surface area (Å²) in [5, 5.41) is 8.30. The molecule has 0 spiro atoms. The van der Waals surface area contributed by atoms with Crippen molar-refractivity contribution in [3.8, 4) is 17.3 Å². The lowest BCUT2D eigenvalue weighted by Crippen LogP contribution is -2.13. The van der Waals surface area contributed by atoms with Crippen molar-refractivity contribution in [2.24, 2.45) is 0 Å². The Morgan fingerprint density at radius 3 is 2.76 bits per heavy atom. The zero-order chi connectivity index (χ0) is 12.4. The predicted molar refractivity (Wildman–Crippen MR) is 59.9 cm³/mol. The fourth-order valence-corrected chi connectivity index (χ4v) is 1.36. The van der Waals surface area contributed by atoms with Crippen molar-refractivity contribution in [2.75, 3.05) is 0 Å². The van der Waals surface area contributed by atoms with Gasteiger partial charge in [-0.3, -0.25) is 14.6 Å². The number of nitrogens with one attached hydrogen (secondary N) is 1. The summed E-state index contributed by atoms with van der Waals surface area (Å²) in [5.41, 5.74) is -0.968. The van der Waals surface area contributed by atoms with Crippen LogP contribution in [0.3, 0.4) is 0 Å². The average molecular weight is 252 g/mol. The van der Waals surface area contributed by atoms with E-state index in [-0.39, 0.29) is 5.82 Å². The highest BCUT2D eigenvalue weighted by Gasteiger charge is 2.16. The first kappa shape index (κ1) is 11.3. The number of aromatic amines is 1. The average Bonchev–Trinajstić information content (AvgIpc) is 2.33. The molecule has 0 aliphatic carbocycles. The van der Waals surface area contributed by atoms with Crippen LogP contribution in [0.15, 0.2) is 29.2 Å². The maximum atomic E-state index is 11.4. The highest BCUT2D eigenvalue weighted by Crippen LogP contribution is 2.15. The van der Waals surface area contributed by atoms with E-state index in [4.69, 9.17) is 11.6 Å². The molecule has 0 radical (unpaired) electrons. The van der Waals surface area contributed by atoms with Gasteiger partial charge in [0.2, 0.25) is 5.75 Å². The molecule has 17 heavy (non-hydrogen) atoms. The van der Waals surface area contributed by atoms with E-state index in [9.17, 15) is 14.7 Å². The van der Waals surface area contributed by atoms with Gasteiger partial charge in [-0.05, 0) is 23.7 Å². The Hall–Kier alpha value is -2.21. The van der Waals surface area contributed by atoms with Crippen LogP contribution in [0.25, 0.3) is 11.5 Å². The molecule has 2 N–H and O–H groups in total. The smallest absolute Gasteiger partial charge is 0.294 e. The second-order valence-corrected chi connectivity index (χ2v) is 3.44. The first-order valence-electron chi connectivity index (χ1n) is 4.54. The number of carbonyl (C=O) groups is 1. The van der Waals surface area contributed by atoms with Crippen molar-refractivity contribution in [1.82, 2.24) is 15.0 Å². The molecule has 0 amide bonds. The minimum absolute atomic E-state index is 0.0670. The number of aromatic hydroxyl groups is 1. The van der Waals surface area contributed by atoms with Crippen molar-refractivity contribution < 1.29 is 9.90 Å². The molecule has 2 aromatic heterocycles. The fraction of sp³-hybridized carbons (Fsp3) is 0. The maximum Gasteiger partial charge on any atom is 0.294 e. The van der Waals surface area contributed by atoms with Crippen molar-refractivity contribution in [1.29, 1.82) is 0 Å². The summed E-state index contributed by atoms with van der Waals surface area (Å²) in [6, 6.07) is 4.98. The van der Waals surface area contributed by atoms with Gasteiger partial charge in [0.05, 0.1) is 0 Å². The summed E-state index contributed by atoms with van der Waals surface area (Å²) in [5.74, 6) is -0.734. The number of pyridine rings is 1. The van der Waals surface area contributed by atoms with E-state index in [1.165, 1.54) is 6.20 Å². The molecule has 0 saturated heterocycles. The first-order chi connectivity index (χ1) is 8.09. The van der Waals surface area contributed by atoms with Gasteiger partial charge >= 0.3 is 0 Å². The quantitative estimate of drug-likeness (QED) is 0.774. The Morgan fingerprint density at radius 1 is 1.41 bits per heavy atom. The number of aromatic nitrogens is 3. The summed E-state index contributed by atoms with van der Waals surface area (Å²) in [6.45, 7) is 0. The van der Waals surface area contributed by atoms with E-state index in [1.54, 1.807) is 18.2 Å². The van der Waals surface area contributed by atoms with Crippen LogP contribution in [-0.2, 0) is 0 Å². The molecule has 0 fully saturated rings. The van der Waals surface area contributed by atoms with E-state index in [0.29, 0.717) is 5.69 Å². The molecule has 0 aliphatic heterocycles. The van der Waals surface area contributed by atoms with E-state index >= 15 is 0 Å². The van der Waals surface area contributed by atoms with Crippen LogP contribution in [0.1, 0.15) is 10.5 Å². The summed E-state index contributed by atoms with van der Waals surface area (Å²) >= 11 is 5.21. The largest absolute Gasteiger partial charge is 0.501 e. The molecule has 0 unspecified atom stereocenters. The number of hydrogen-bond acceptors (Lipinski definition) is 5. The van der Waals surface area contributed by atoms with Gasteiger partial charge in [0.15, 0.2) is 11.5 Å². The van der Waals surface area contributed by atoms with Crippen LogP contribution < -0.4 is 5.56 Å². The van der Waals surface area contributed by atoms with E-state index < -0.39 is 22.2 Å². The Morgan fingerprint density at radius 2 is 2.18 bits per heavy atom. The standard InChI is InChI=1S/C10H6ClN3O3/c11-8(16)6-7(15)10(17)14-9(13-6)5-3-1-2-4-12-5/h1-4,15H,(H,13,14,17). The number of carbonyl (C=O) groups excluding carboxylic acids is 1. The Balaban J connectivity index is 2.66. The van der Waals surface area contributed by atoms with Crippen molar-refractivity contribution >= 4 is 16.8 Å². The van der Waals surface area contributed by atoms with Gasteiger partial charge in [-0.15, -0.1) is 0 Å². The predicted octanol–water partition coefficient (Wildman–Crippen LogP) is 0.916. The summed E-state index contributed by atoms with van der Waals surface area (Å²) in [4.78, 5) is 32.3. The van der Waals surface area contributed by atoms with Crippen LogP contribution in [0.5, 0.6) is 5.75 Å².